The van der Waals surface area contributed by atoms with Crippen molar-refractivity contribution in [3.8, 4) is 16.9 Å². The number of amides is 1. The zero-order valence-corrected chi connectivity index (χ0v) is 19.4. The highest BCUT2D eigenvalue weighted by Gasteiger charge is 2.41. The number of halogens is 1. The molecule has 1 N–H and O–H groups in total. The number of carboxylic acid groups (broad SMARTS) is 1. The van der Waals surface area contributed by atoms with Gasteiger partial charge < -0.3 is 19.5 Å². The number of rotatable bonds is 5. The van der Waals surface area contributed by atoms with Gasteiger partial charge in [-0.1, -0.05) is 66.2 Å². The second-order valence-electron chi connectivity index (χ2n) is 8.65. The van der Waals surface area contributed by atoms with Gasteiger partial charge in [-0.2, -0.15) is 0 Å². The number of methoxy groups -OCH3 is 1. The molecule has 1 aliphatic heterocycles. The van der Waals surface area contributed by atoms with E-state index >= 15 is 0 Å². The predicted octanol–water partition coefficient (Wildman–Crippen LogP) is 5.40. The lowest BCUT2D eigenvalue weighted by atomic mass is 9.89. The van der Waals surface area contributed by atoms with Crippen molar-refractivity contribution in [1.82, 2.24) is 4.90 Å². The van der Waals surface area contributed by atoms with E-state index in [0.717, 1.165) is 27.8 Å². The summed E-state index contributed by atoms with van der Waals surface area (Å²) in [6.07, 6.45) is -0.503. The molecular weight excluding hydrogens is 454 g/mol. The fourth-order valence-electron chi connectivity index (χ4n) is 5.13. The quantitative estimate of drug-likeness (QED) is 0.532. The van der Waals surface area contributed by atoms with Crippen LogP contribution in [0, 0.1) is 5.92 Å². The topological polar surface area (TPSA) is 76.1 Å². The highest BCUT2D eigenvalue weighted by Crippen LogP contribution is 2.44. The number of hydrogen-bond donors (Lipinski definition) is 1. The van der Waals surface area contributed by atoms with Crippen LogP contribution >= 0.6 is 11.6 Å². The maximum Gasteiger partial charge on any atom is 0.409 e. The number of hydrogen-bond acceptors (Lipinski definition) is 4. The van der Waals surface area contributed by atoms with E-state index in [1.165, 1.54) is 12.0 Å². The van der Waals surface area contributed by atoms with Gasteiger partial charge in [-0.05, 0) is 39.9 Å². The van der Waals surface area contributed by atoms with Crippen molar-refractivity contribution < 1.29 is 24.2 Å². The summed E-state index contributed by atoms with van der Waals surface area (Å²) in [4.78, 5) is 26.5. The summed E-state index contributed by atoms with van der Waals surface area (Å²) in [5.74, 6) is -1.66. The third-order valence-electron chi connectivity index (χ3n) is 6.83. The monoisotopic (exact) mass is 477 g/mol. The summed E-state index contributed by atoms with van der Waals surface area (Å²) < 4.78 is 11.0. The maximum absolute atomic E-state index is 13.0. The molecule has 0 bridgehead atoms. The maximum atomic E-state index is 13.0. The van der Waals surface area contributed by atoms with E-state index in [0.29, 0.717) is 10.8 Å². The standard InChI is InChI=1S/C27H24ClNO5/c1-33-25-12-16(10-11-24(25)28)21-13-29(14-22(21)26(30)31)27(32)34-15-23-19-8-4-2-6-17(19)18-7-3-5-9-20(18)23/h2-12,21-23H,13-15H2,1H3,(H,30,31)/t21-,22+/m0/s1. The lowest BCUT2D eigenvalue weighted by Crippen LogP contribution is -2.31. The lowest BCUT2D eigenvalue weighted by Gasteiger charge is -2.19. The molecule has 0 aromatic heterocycles. The first-order valence-electron chi connectivity index (χ1n) is 11.1. The SMILES string of the molecule is COc1cc([C@@H]2CN(C(=O)OCC3c4ccccc4-c4ccccc43)C[C@H]2C(=O)O)ccc1Cl. The molecule has 34 heavy (non-hydrogen) atoms. The highest BCUT2D eigenvalue weighted by atomic mass is 35.5. The number of likely N-dealkylation sites (tertiary alicyclic amines) is 1. The molecule has 174 valence electrons. The smallest absolute Gasteiger partial charge is 0.409 e. The van der Waals surface area contributed by atoms with Crippen molar-refractivity contribution in [1.29, 1.82) is 0 Å². The first-order chi connectivity index (χ1) is 16.5. The average molecular weight is 478 g/mol. The van der Waals surface area contributed by atoms with Crippen LogP contribution in [0.5, 0.6) is 5.75 Å². The molecule has 1 amide bonds. The molecule has 6 nitrogen and oxygen atoms in total. The Morgan fingerprint density at radius 1 is 1.00 bits per heavy atom. The van der Waals surface area contributed by atoms with E-state index in [2.05, 4.69) is 24.3 Å². The molecule has 1 aliphatic carbocycles. The van der Waals surface area contributed by atoms with Crippen LogP contribution in [0.3, 0.4) is 0 Å². The molecule has 0 unspecified atom stereocenters. The van der Waals surface area contributed by atoms with Crippen LogP contribution in [0.4, 0.5) is 4.79 Å². The molecule has 2 aliphatic rings. The van der Waals surface area contributed by atoms with Crippen LogP contribution in [-0.4, -0.2) is 48.9 Å². The summed E-state index contributed by atoms with van der Waals surface area (Å²) >= 11 is 6.13. The minimum absolute atomic E-state index is 0.0504. The predicted molar refractivity (Wildman–Crippen MR) is 129 cm³/mol. The number of carboxylic acids is 1. The number of nitrogens with zero attached hydrogens (tertiary/aromatic N) is 1. The van der Waals surface area contributed by atoms with E-state index in [-0.39, 0.29) is 31.5 Å². The van der Waals surface area contributed by atoms with E-state index in [9.17, 15) is 14.7 Å². The average Bonchev–Trinajstić information content (AvgIpc) is 3.43. The van der Waals surface area contributed by atoms with Crippen LogP contribution in [-0.2, 0) is 9.53 Å². The Bertz CT molecular complexity index is 1210. The minimum atomic E-state index is -0.951. The zero-order valence-electron chi connectivity index (χ0n) is 18.6. The van der Waals surface area contributed by atoms with Crippen LogP contribution in [0.2, 0.25) is 5.02 Å². The van der Waals surface area contributed by atoms with Crippen molar-refractivity contribution in [3.05, 3.63) is 88.4 Å². The Labute approximate surface area is 202 Å². The van der Waals surface area contributed by atoms with Gasteiger partial charge in [0.15, 0.2) is 0 Å². The molecule has 0 spiro atoms. The molecule has 0 saturated carbocycles. The lowest BCUT2D eigenvalue weighted by molar-refractivity contribution is -0.141. The molecule has 2 atom stereocenters. The summed E-state index contributed by atoms with van der Waals surface area (Å²) in [6.45, 7) is 0.528. The number of ether oxygens (including phenoxy) is 2. The first-order valence-corrected chi connectivity index (χ1v) is 11.5. The van der Waals surface area contributed by atoms with Gasteiger partial charge in [-0.3, -0.25) is 4.79 Å². The number of fused-ring (bicyclic) bond motifs is 3. The van der Waals surface area contributed by atoms with E-state index < -0.39 is 18.0 Å². The fraction of sp³-hybridized carbons (Fsp3) is 0.259. The Hall–Kier alpha value is -3.51. The second-order valence-corrected chi connectivity index (χ2v) is 9.06. The number of aliphatic carboxylic acids is 1. The van der Waals surface area contributed by atoms with E-state index in [4.69, 9.17) is 21.1 Å². The van der Waals surface area contributed by atoms with Gasteiger partial charge in [0, 0.05) is 24.9 Å². The van der Waals surface area contributed by atoms with Gasteiger partial charge in [-0.15, -0.1) is 0 Å². The van der Waals surface area contributed by atoms with Crippen molar-refractivity contribution >= 4 is 23.7 Å². The van der Waals surface area contributed by atoms with Crippen LogP contribution in [0.25, 0.3) is 11.1 Å². The summed E-state index contributed by atoms with van der Waals surface area (Å²) in [5, 5.41) is 10.3. The summed E-state index contributed by atoms with van der Waals surface area (Å²) in [7, 11) is 1.51. The van der Waals surface area contributed by atoms with Gasteiger partial charge in [0.1, 0.15) is 12.4 Å². The Morgan fingerprint density at radius 3 is 2.26 bits per heavy atom. The minimum Gasteiger partial charge on any atom is -0.495 e. The largest absolute Gasteiger partial charge is 0.495 e. The second kappa shape index (κ2) is 9.03. The van der Waals surface area contributed by atoms with Crippen molar-refractivity contribution in [2.45, 2.75) is 11.8 Å². The van der Waals surface area contributed by atoms with Crippen LogP contribution in [0.1, 0.15) is 28.5 Å². The van der Waals surface area contributed by atoms with Crippen molar-refractivity contribution in [3.63, 3.8) is 0 Å². The molecule has 0 radical (unpaired) electrons. The van der Waals surface area contributed by atoms with Gasteiger partial charge >= 0.3 is 12.1 Å². The summed E-state index contributed by atoms with van der Waals surface area (Å²) in [5.41, 5.74) is 5.34. The van der Waals surface area contributed by atoms with Crippen molar-refractivity contribution in [2.24, 2.45) is 5.92 Å². The number of carbonyl (C=O) groups excluding carboxylic acids is 1. The number of benzene rings is 3. The van der Waals surface area contributed by atoms with Gasteiger partial charge in [0.05, 0.1) is 18.1 Å². The van der Waals surface area contributed by atoms with Gasteiger partial charge in [0.2, 0.25) is 0 Å². The van der Waals surface area contributed by atoms with Crippen LogP contribution < -0.4 is 4.74 Å². The Kier molecular flexibility index (Phi) is 5.92. The molecule has 3 aromatic rings. The van der Waals surface area contributed by atoms with Crippen molar-refractivity contribution in [2.75, 3.05) is 26.8 Å². The van der Waals surface area contributed by atoms with Gasteiger partial charge in [-0.25, -0.2) is 4.79 Å². The molecular formula is C27H24ClNO5. The normalized spacial score (nSPS) is 18.9. The molecule has 3 aromatic carbocycles. The molecule has 1 heterocycles. The van der Waals surface area contributed by atoms with Crippen LogP contribution in [0.15, 0.2) is 66.7 Å². The highest BCUT2D eigenvalue weighted by molar-refractivity contribution is 6.32. The van der Waals surface area contributed by atoms with E-state index in [1.54, 1.807) is 18.2 Å². The van der Waals surface area contributed by atoms with Gasteiger partial charge in [0.25, 0.3) is 0 Å². The third-order valence-corrected chi connectivity index (χ3v) is 7.15. The third kappa shape index (κ3) is 3.88. The molecule has 1 saturated heterocycles. The molecule has 5 rings (SSSR count). The molecule has 7 heteroatoms. The summed E-state index contributed by atoms with van der Waals surface area (Å²) in [6, 6.07) is 21.5. The number of carbonyl (C=O) groups is 2. The zero-order chi connectivity index (χ0) is 23.8. The molecule has 1 fully saturated rings. The first kappa shape index (κ1) is 22.3. The Balaban J connectivity index is 1.32. The fourth-order valence-corrected chi connectivity index (χ4v) is 5.33. The Morgan fingerprint density at radius 2 is 1.65 bits per heavy atom. The van der Waals surface area contributed by atoms with E-state index in [1.807, 2.05) is 24.3 Å².